The van der Waals surface area contributed by atoms with Crippen LogP contribution in [0.4, 0.5) is 0 Å². The van der Waals surface area contributed by atoms with Crippen LogP contribution in [-0.2, 0) is 16.6 Å². The van der Waals surface area contributed by atoms with Gasteiger partial charge in [-0.2, -0.15) is 0 Å². The van der Waals surface area contributed by atoms with Gasteiger partial charge in [0.2, 0.25) is 0 Å². The standard InChI is InChI=1S/C26H18O3S/c27-26(28)22-13-10-19(11-14-22)9-12-21-6-2-4-8-24(21)18-30(29)25-16-15-20-5-1-3-7-23(20)17-25/h1-8,10-11,13-17H,18H2,(H,27,28). The van der Waals surface area contributed by atoms with Gasteiger partial charge in [-0.3, -0.25) is 4.21 Å². The van der Waals surface area contributed by atoms with Crippen LogP contribution in [0, 0.1) is 11.8 Å². The molecule has 0 aliphatic heterocycles. The lowest BCUT2D eigenvalue weighted by molar-refractivity contribution is 0.0697. The fraction of sp³-hybridized carbons (Fsp3) is 0.0385. The molecule has 30 heavy (non-hydrogen) atoms. The van der Waals surface area contributed by atoms with Crippen molar-refractivity contribution in [2.45, 2.75) is 10.6 Å². The minimum absolute atomic E-state index is 0.228. The molecule has 0 aliphatic rings. The molecule has 0 aromatic heterocycles. The van der Waals surface area contributed by atoms with Gasteiger partial charge in [0.15, 0.2) is 0 Å². The lowest BCUT2D eigenvalue weighted by Gasteiger charge is -2.07. The van der Waals surface area contributed by atoms with E-state index in [2.05, 4.69) is 11.8 Å². The number of rotatable bonds is 4. The van der Waals surface area contributed by atoms with E-state index >= 15 is 0 Å². The Bertz CT molecular complexity index is 1310. The van der Waals surface area contributed by atoms with Crippen LogP contribution in [0.3, 0.4) is 0 Å². The van der Waals surface area contributed by atoms with Gasteiger partial charge in [0.05, 0.1) is 22.1 Å². The first-order chi connectivity index (χ1) is 14.6. The van der Waals surface area contributed by atoms with Crippen LogP contribution < -0.4 is 0 Å². The van der Waals surface area contributed by atoms with Crippen LogP contribution in [0.15, 0.2) is 95.9 Å². The molecular formula is C26H18O3S. The molecule has 4 aromatic rings. The molecule has 1 unspecified atom stereocenters. The molecule has 0 amide bonds. The number of benzene rings is 4. The summed E-state index contributed by atoms with van der Waals surface area (Å²) < 4.78 is 13.0. The molecule has 4 aromatic carbocycles. The van der Waals surface area contributed by atoms with Gasteiger partial charge in [0.1, 0.15) is 0 Å². The van der Waals surface area contributed by atoms with Crippen LogP contribution >= 0.6 is 0 Å². The summed E-state index contributed by atoms with van der Waals surface area (Å²) in [4.78, 5) is 11.8. The molecule has 0 fully saturated rings. The molecule has 0 spiro atoms. The third-order valence-electron chi connectivity index (χ3n) is 4.76. The molecule has 0 bridgehead atoms. The first-order valence-corrected chi connectivity index (χ1v) is 10.7. The van der Waals surface area contributed by atoms with Gasteiger partial charge in [-0.15, -0.1) is 0 Å². The van der Waals surface area contributed by atoms with Crippen molar-refractivity contribution in [2.24, 2.45) is 0 Å². The maximum Gasteiger partial charge on any atom is 0.335 e. The van der Waals surface area contributed by atoms with Gasteiger partial charge in [-0.1, -0.05) is 60.4 Å². The Kier molecular flexibility index (Phi) is 5.74. The Morgan fingerprint density at radius 1 is 0.800 bits per heavy atom. The molecule has 4 heteroatoms. The fourth-order valence-corrected chi connectivity index (χ4v) is 4.32. The zero-order valence-corrected chi connectivity index (χ0v) is 16.9. The summed E-state index contributed by atoms with van der Waals surface area (Å²) in [7, 11) is -1.19. The van der Waals surface area contributed by atoms with Gasteiger partial charge in [0, 0.05) is 16.0 Å². The number of hydrogen-bond acceptors (Lipinski definition) is 2. The molecule has 3 nitrogen and oxygen atoms in total. The van der Waals surface area contributed by atoms with E-state index in [1.165, 1.54) is 12.1 Å². The highest BCUT2D eigenvalue weighted by Crippen LogP contribution is 2.21. The summed E-state index contributed by atoms with van der Waals surface area (Å²) in [5.74, 6) is 5.61. The Morgan fingerprint density at radius 3 is 2.27 bits per heavy atom. The van der Waals surface area contributed by atoms with E-state index < -0.39 is 16.8 Å². The average Bonchev–Trinajstić information content (AvgIpc) is 2.78. The highest BCUT2D eigenvalue weighted by Gasteiger charge is 2.09. The second kappa shape index (κ2) is 8.77. The Balaban J connectivity index is 1.57. The Labute approximate surface area is 177 Å². The van der Waals surface area contributed by atoms with Gasteiger partial charge < -0.3 is 5.11 Å². The van der Waals surface area contributed by atoms with Crippen molar-refractivity contribution in [3.63, 3.8) is 0 Å². The maximum atomic E-state index is 13.0. The Morgan fingerprint density at radius 2 is 1.50 bits per heavy atom. The fourth-order valence-electron chi connectivity index (χ4n) is 3.14. The number of carboxylic acid groups (broad SMARTS) is 1. The quantitative estimate of drug-likeness (QED) is 0.468. The van der Waals surface area contributed by atoms with Crippen LogP contribution in [0.1, 0.15) is 27.0 Å². The van der Waals surface area contributed by atoms with Crippen molar-refractivity contribution >= 4 is 27.5 Å². The highest BCUT2D eigenvalue weighted by molar-refractivity contribution is 7.84. The van der Waals surface area contributed by atoms with E-state index in [1.54, 1.807) is 12.1 Å². The van der Waals surface area contributed by atoms with Gasteiger partial charge in [-0.05, 0) is 58.8 Å². The van der Waals surface area contributed by atoms with Crippen LogP contribution in [0.5, 0.6) is 0 Å². The minimum Gasteiger partial charge on any atom is -0.478 e. The van der Waals surface area contributed by atoms with Crippen molar-refractivity contribution in [1.29, 1.82) is 0 Å². The number of carboxylic acids is 1. The third kappa shape index (κ3) is 4.48. The van der Waals surface area contributed by atoms with Gasteiger partial charge in [-0.25, -0.2) is 4.79 Å². The first-order valence-electron chi connectivity index (χ1n) is 9.40. The van der Waals surface area contributed by atoms with Crippen molar-refractivity contribution in [3.05, 3.63) is 113 Å². The number of carbonyl (C=O) groups is 1. The SMILES string of the molecule is O=C(O)c1ccc(C#Cc2ccccc2CS(=O)c2ccc3ccccc3c2)cc1. The van der Waals surface area contributed by atoms with E-state index in [4.69, 9.17) is 5.11 Å². The molecule has 0 radical (unpaired) electrons. The summed E-state index contributed by atoms with van der Waals surface area (Å²) in [6.07, 6.45) is 0. The first kappa shape index (κ1) is 19.6. The minimum atomic E-state index is -1.19. The summed E-state index contributed by atoms with van der Waals surface area (Å²) in [6.45, 7) is 0. The second-order valence-electron chi connectivity index (χ2n) is 6.79. The predicted molar refractivity (Wildman–Crippen MR) is 120 cm³/mol. The van der Waals surface area contributed by atoms with Crippen molar-refractivity contribution < 1.29 is 14.1 Å². The van der Waals surface area contributed by atoms with Crippen LogP contribution in [-0.4, -0.2) is 15.3 Å². The summed E-state index contributed by atoms with van der Waals surface area (Å²) in [5.41, 5.74) is 2.68. The molecule has 0 aliphatic carbocycles. The summed E-state index contributed by atoms with van der Waals surface area (Å²) in [6, 6.07) is 28.0. The topological polar surface area (TPSA) is 54.4 Å². The normalized spacial score (nSPS) is 11.5. The lowest BCUT2D eigenvalue weighted by Crippen LogP contribution is -1.99. The molecule has 1 atom stereocenters. The number of fused-ring (bicyclic) bond motifs is 1. The smallest absolute Gasteiger partial charge is 0.335 e. The van der Waals surface area contributed by atoms with Crippen molar-refractivity contribution in [1.82, 2.24) is 0 Å². The summed E-state index contributed by atoms with van der Waals surface area (Å²) in [5, 5.41) is 11.2. The number of hydrogen-bond donors (Lipinski definition) is 1. The Hall–Kier alpha value is -3.68. The van der Waals surface area contributed by atoms with Gasteiger partial charge in [0.25, 0.3) is 0 Å². The average molecular weight is 410 g/mol. The molecule has 0 saturated carbocycles. The van der Waals surface area contributed by atoms with Gasteiger partial charge >= 0.3 is 5.97 Å². The third-order valence-corrected chi connectivity index (χ3v) is 6.11. The summed E-state index contributed by atoms with van der Waals surface area (Å²) >= 11 is 0. The zero-order valence-electron chi connectivity index (χ0n) is 16.0. The monoisotopic (exact) mass is 410 g/mol. The van der Waals surface area contributed by atoms with E-state index in [-0.39, 0.29) is 5.56 Å². The zero-order chi connectivity index (χ0) is 20.9. The lowest BCUT2D eigenvalue weighted by atomic mass is 10.1. The number of aromatic carboxylic acids is 1. The van der Waals surface area contributed by atoms with Crippen molar-refractivity contribution in [2.75, 3.05) is 0 Å². The molecule has 4 rings (SSSR count). The predicted octanol–water partition coefficient (Wildman–Crippen LogP) is 5.25. The van der Waals surface area contributed by atoms with E-state index in [1.807, 2.05) is 66.7 Å². The maximum absolute atomic E-state index is 13.0. The van der Waals surface area contributed by atoms with Crippen LogP contribution in [0.2, 0.25) is 0 Å². The second-order valence-corrected chi connectivity index (χ2v) is 8.24. The van der Waals surface area contributed by atoms with E-state index in [0.717, 1.165) is 32.4 Å². The van der Waals surface area contributed by atoms with Crippen LogP contribution in [0.25, 0.3) is 10.8 Å². The van der Waals surface area contributed by atoms with Crippen molar-refractivity contribution in [3.8, 4) is 11.8 Å². The molecule has 0 heterocycles. The molecule has 146 valence electrons. The van der Waals surface area contributed by atoms with E-state index in [9.17, 15) is 9.00 Å². The van der Waals surface area contributed by atoms with E-state index in [0.29, 0.717) is 5.75 Å². The molecule has 0 saturated heterocycles. The molecular weight excluding hydrogens is 392 g/mol. The molecule has 1 N–H and O–H groups in total. The largest absolute Gasteiger partial charge is 0.478 e. The highest BCUT2D eigenvalue weighted by atomic mass is 32.2.